The number of amides is 2. The average molecular weight is 412 g/mol. The van der Waals surface area contributed by atoms with E-state index in [1.165, 1.54) is 0 Å². The quantitative estimate of drug-likeness (QED) is 0.738. The third-order valence-electron chi connectivity index (χ3n) is 4.83. The van der Waals surface area contributed by atoms with E-state index >= 15 is 0 Å². The van der Waals surface area contributed by atoms with E-state index in [9.17, 15) is 9.59 Å². The molecule has 2 amide bonds. The molecule has 29 heavy (non-hydrogen) atoms. The molecule has 1 aliphatic rings. The van der Waals surface area contributed by atoms with Gasteiger partial charge < -0.3 is 20.3 Å². The second kappa shape index (κ2) is 10.0. The highest BCUT2D eigenvalue weighted by molar-refractivity contribution is 7.80. The summed E-state index contributed by atoms with van der Waals surface area (Å²) in [6.45, 7) is 1.55. The maximum atomic E-state index is 12.9. The molecule has 2 aromatic carbocycles. The number of hydrogen-bond acceptors (Lipinski definition) is 4. The first-order valence-corrected chi connectivity index (χ1v) is 10.1. The summed E-state index contributed by atoms with van der Waals surface area (Å²) in [4.78, 5) is 27.0. The summed E-state index contributed by atoms with van der Waals surface area (Å²) in [5, 5.41) is 5.84. The minimum Gasteiger partial charge on any atom is -0.497 e. The van der Waals surface area contributed by atoms with Crippen molar-refractivity contribution in [2.75, 3.05) is 25.5 Å². The second-order valence-electron chi connectivity index (χ2n) is 6.93. The van der Waals surface area contributed by atoms with Crippen LogP contribution in [-0.2, 0) is 11.2 Å². The van der Waals surface area contributed by atoms with Crippen molar-refractivity contribution in [1.29, 1.82) is 0 Å². The molecular formula is C22H25N3O3S. The monoisotopic (exact) mass is 411 g/mol. The van der Waals surface area contributed by atoms with Crippen molar-refractivity contribution in [2.45, 2.75) is 25.7 Å². The Bertz CT molecular complexity index is 877. The van der Waals surface area contributed by atoms with Gasteiger partial charge in [-0.25, -0.2) is 0 Å². The number of hydrogen-bond donors (Lipinski definition) is 2. The van der Waals surface area contributed by atoms with E-state index in [4.69, 9.17) is 17.0 Å². The van der Waals surface area contributed by atoms with E-state index in [1.807, 2.05) is 41.3 Å². The SMILES string of the molecule is COc1ccc(CC(=O)NC(=S)Nc2ccccc2C(=O)N2CCCCC2)cc1. The van der Waals surface area contributed by atoms with Gasteiger partial charge in [-0.2, -0.15) is 0 Å². The summed E-state index contributed by atoms with van der Waals surface area (Å²) in [6.07, 6.45) is 3.41. The zero-order valence-electron chi connectivity index (χ0n) is 16.4. The average Bonchev–Trinajstić information content (AvgIpc) is 2.74. The van der Waals surface area contributed by atoms with Crippen LogP contribution in [0.2, 0.25) is 0 Å². The molecule has 0 atom stereocenters. The number of ether oxygens (including phenoxy) is 1. The highest BCUT2D eigenvalue weighted by Gasteiger charge is 2.21. The molecule has 1 aliphatic heterocycles. The highest BCUT2D eigenvalue weighted by atomic mass is 32.1. The molecule has 2 aromatic rings. The standard InChI is InChI=1S/C22H25N3O3S/c1-28-17-11-9-16(10-12-17)15-20(26)24-22(29)23-19-8-4-3-7-18(19)21(27)25-13-5-2-6-14-25/h3-4,7-12H,2,5-6,13-15H2,1H3,(H2,23,24,26,29). The Balaban J connectivity index is 1.60. The smallest absolute Gasteiger partial charge is 0.255 e. The zero-order valence-corrected chi connectivity index (χ0v) is 17.3. The third-order valence-corrected chi connectivity index (χ3v) is 5.03. The van der Waals surface area contributed by atoms with Crippen molar-refractivity contribution in [3.63, 3.8) is 0 Å². The van der Waals surface area contributed by atoms with Gasteiger partial charge in [0, 0.05) is 13.1 Å². The molecule has 152 valence electrons. The molecule has 6 nitrogen and oxygen atoms in total. The second-order valence-corrected chi connectivity index (χ2v) is 7.33. The van der Waals surface area contributed by atoms with Crippen LogP contribution < -0.4 is 15.4 Å². The van der Waals surface area contributed by atoms with Gasteiger partial charge in [-0.1, -0.05) is 24.3 Å². The van der Waals surface area contributed by atoms with Gasteiger partial charge in [0.05, 0.1) is 24.8 Å². The van der Waals surface area contributed by atoms with Crippen molar-refractivity contribution >= 4 is 34.8 Å². The Morgan fingerprint density at radius 2 is 1.72 bits per heavy atom. The summed E-state index contributed by atoms with van der Waals surface area (Å²) in [5.74, 6) is 0.494. The number of rotatable bonds is 5. The first-order valence-electron chi connectivity index (χ1n) is 9.69. The van der Waals surface area contributed by atoms with E-state index in [2.05, 4.69) is 10.6 Å². The fourth-order valence-corrected chi connectivity index (χ4v) is 3.52. The van der Waals surface area contributed by atoms with Crippen LogP contribution in [0.15, 0.2) is 48.5 Å². The van der Waals surface area contributed by atoms with E-state index < -0.39 is 0 Å². The predicted molar refractivity (Wildman–Crippen MR) is 117 cm³/mol. The number of nitrogens with one attached hydrogen (secondary N) is 2. The first kappa shape index (κ1) is 20.8. The molecule has 2 N–H and O–H groups in total. The van der Waals surface area contributed by atoms with Gasteiger partial charge in [-0.05, 0) is 61.3 Å². The molecule has 0 unspecified atom stereocenters. The molecule has 1 fully saturated rings. The van der Waals surface area contributed by atoms with Gasteiger partial charge in [0.1, 0.15) is 5.75 Å². The summed E-state index contributed by atoms with van der Waals surface area (Å²) in [7, 11) is 1.60. The van der Waals surface area contributed by atoms with Gasteiger partial charge in [0.15, 0.2) is 5.11 Å². The lowest BCUT2D eigenvalue weighted by atomic mass is 10.1. The van der Waals surface area contributed by atoms with Crippen LogP contribution in [0, 0.1) is 0 Å². The normalized spacial score (nSPS) is 13.5. The Morgan fingerprint density at radius 3 is 2.41 bits per heavy atom. The van der Waals surface area contributed by atoms with Crippen LogP contribution in [0.3, 0.4) is 0 Å². The number of thiocarbonyl (C=S) groups is 1. The van der Waals surface area contributed by atoms with E-state index in [-0.39, 0.29) is 23.3 Å². The van der Waals surface area contributed by atoms with Gasteiger partial charge in [-0.3, -0.25) is 9.59 Å². The first-order chi connectivity index (χ1) is 14.1. The summed E-state index contributed by atoms with van der Waals surface area (Å²) in [5.41, 5.74) is 2.01. The molecule has 1 saturated heterocycles. The lowest BCUT2D eigenvalue weighted by Gasteiger charge is -2.27. The summed E-state index contributed by atoms with van der Waals surface area (Å²) in [6, 6.07) is 14.5. The number of anilines is 1. The predicted octanol–water partition coefficient (Wildman–Crippen LogP) is 3.38. The van der Waals surface area contributed by atoms with Crippen LogP contribution in [-0.4, -0.2) is 42.0 Å². The summed E-state index contributed by atoms with van der Waals surface area (Å²) >= 11 is 5.28. The van der Waals surface area contributed by atoms with Crippen molar-refractivity contribution in [1.82, 2.24) is 10.2 Å². The molecule has 0 saturated carbocycles. The number of nitrogens with zero attached hydrogens (tertiary/aromatic N) is 1. The summed E-state index contributed by atoms with van der Waals surface area (Å²) < 4.78 is 5.12. The van der Waals surface area contributed by atoms with Crippen LogP contribution in [0.5, 0.6) is 5.75 Å². The number of benzene rings is 2. The number of para-hydroxylation sites is 1. The number of carbonyl (C=O) groups is 2. The maximum Gasteiger partial charge on any atom is 0.255 e. The van der Waals surface area contributed by atoms with E-state index in [0.29, 0.717) is 11.3 Å². The number of likely N-dealkylation sites (tertiary alicyclic amines) is 1. The topological polar surface area (TPSA) is 70.7 Å². The van der Waals surface area contributed by atoms with Gasteiger partial charge in [-0.15, -0.1) is 0 Å². The van der Waals surface area contributed by atoms with Gasteiger partial charge >= 0.3 is 0 Å². The zero-order chi connectivity index (χ0) is 20.6. The van der Waals surface area contributed by atoms with Crippen LogP contribution in [0.1, 0.15) is 35.2 Å². The Labute approximate surface area is 176 Å². The Morgan fingerprint density at radius 1 is 1.03 bits per heavy atom. The van der Waals surface area contributed by atoms with E-state index in [0.717, 1.165) is 43.7 Å². The minimum absolute atomic E-state index is 0.0137. The molecule has 3 rings (SSSR count). The van der Waals surface area contributed by atoms with Crippen molar-refractivity contribution < 1.29 is 14.3 Å². The van der Waals surface area contributed by atoms with Crippen LogP contribution in [0.4, 0.5) is 5.69 Å². The molecule has 1 heterocycles. The van der Waals surface area contributed by atoms with Gasteiger partial charge in [0.25, 0.3) is 5.91 Å². The Kier molecular flexibility index (Phi) is 7.19. The lowest BCUT2D eigenvalue weighted by Crippen LogP contribution is -2.38. The van der Waals surface area contributed by atoms with Crippen LogP contribution >= 0.6 is 12.2 Å². The van der Waals surface area contributed by atoms with Crippen molar-refractivity contribution in [2.24, 2.45) is 0 Å². The molecule has 0 bridgehead atoms. The largest absolute Gasteiger partial charge is 0.497 e. The number of carbonyl (C=O) groups excluding carboxylic acids is 2. The molecule has 0 spiro atoms. The van der Waals surface area contributed by atoms with Crippen LogP contribution in [0.25, 0.3) is 0 Å². The number of piperidine rings is 1. The molecule has 0 aliphatic carbocycles. The van der Waals surface area contributed by atoms with Crippen molar-refractivity contribution in [3.8, 4) is 5.75 Å². The lowest BCUT2D eigenvalue weighted by molar-refractivity contribution is -0.119. The van der Waals surface area contributed by atoms with Gasteiger partial charge in [0.2, 0.25) is 5.91 Å². The molecular weight excluding hydrogens is 386 g/mol. The Hall–Kier alpha value is -2.93. The molecule has 0 aromatic heterocycles. The minimum atomic E-state index is -0.229. The fraction of sp³-hybridized carbons (Fsp3) is 0.318. The maximum absolute atomic E-state index is 12.9. The number of methoxy groups -OCH3 is 1. The van der Waals surface area contributed by atoms with E-state index in [1.54, 1.807) is 19.2 Å². The third kappa shape index (κ3) is 5.77. The highest BCUT2D eigenvalue weighted by Crippen LogP contribution is 2.20. The van der Waals surface area contributed by atoms with Crippen molar-refractivity contribution in [3.05, 3.63) is 59.7 Å². The fourth-order valence-electron chi connectivity index (χ4n) is 3.30. The molecule has 0 radical (unpaired) electrons. The molecule has 7 heteroatoms.